The highest BCUT2D eigenvalue weighted by molar-refractivity contribution is 5.93. The highest BCUT2D eigenvalue weighted by Gasteiger charge is 2.33. The monoisotopic (exact) mass is 324 g/mol. The second kappa shape index (κ2) is 6.54. The minimum Gasteiger partial charge on any atom is -0.460 e. The molecule has 2 atom stereocenters. The van der Waals surface area contributed by atoms with E-state index in [1.165, 1.54) is 0 Å². The predicted molar refractivity (Wildman–Crippen MR) is 85.9 cm³/mol. The maximum atomic E-state index is 12.5. The molecular weight excluding hydrogens is 304 g/mol. The van der Waals surface area contributed by atoms with E-state index in [0.717, 1.165) is 12.2 Å². The molecule has 3 rings (SSSR count). The zero-order chi connectivity index (χ0) is 15.0. The average Bonchev–Trinajstić information content (AvgIpc) is 3.16. The van der Waals surface area contributed by atoms with E-state index in [1.807, 2.05) is 24.0 Å². The maximum Gasteiger partial charge on any atom is 0.274 e. The van der Waals surface area contributed by atoms with E-state index in [9.17, 15) is 4.79 Å². The molecule has 0 radical (unpaired) electrons. The third-order valence-corrected chi connectivity index (χ3v) is 4.06. The van der Waals surface area contributed by atoms with Crippen molar-refractivity contribution < 1.29 is 9.21 Å². The summed E-state index contributed by atoms with van der Waals surface area (Å²) < 4.78 is 5.53. The van der Waals surface area contributed by atoms with Crippen molar-refractivity contribution in [1.82, 2.24) is 15.1 Å². The number of likely N-dealkylation sites (tertiary alicyclic amines) is 1. The van der Waals surface area contributed by atoms with Crippen LogP contribution in [0.3, 0.4) is 0 Å². The fraction of sp³-hybridized carbons (Fsp3) is 0.467. The number of hydrogen-bond acceptors (Lipinski definition) is 4. The van der Waals surface area contributed by atoms with Gasteiger partial charge in [-0.15, -0.1) is 12.4 Å². The summed E-state index contributed by atoms with van der Waals surface area (Å²) in [6.45, 7) is 5.26. The van der Waals surface area contributed by atoms with Gasteiger partial charge in [0.25, 0.3) is 5.91 Å². The minimum absolute atomic E-state index is 0. The summed E-state index contributed by atoms with van der Waals surface area (Å²) in [4.78, 5) is 14.4. The van der Waals surface area contributed by atoms with E-state index in [2.05, 4.69) is 17.1 Å². The van der Waals surface area contributed by atoms with Gasteiger partial charge in [0.05, 0.1) is 0 Å². The van der Waals surface area contributed by atoms with Gasteiger partial charge in [0.1, 0.15) is 11.5 Å². The first-order valence-electron chi connectivity index (χ1n) is 7.21. The van der Waals surface area contributed by atoms with Gasteiger partial charge in [-0.3, -0.25) is 9.89 Å². The highest BCUT2D eigenvalue weighted by atomic mass is 35.5. The van der Waals surface area contributed by atoms with Gasteiger partial charge in [0, 0.05) is 18.7 Å². The summed E-state index contributed by atoms with van der Waals surface area (Å²) in [7, 11) is 0. The van der Waals surface area contributed by atoms with Crippen molar-refractivity contribution in [3.63, 3.8) is 0 Å². The number of H-pyrrole nitrogens is 1. The lowest BCUT2D eigenvalue weighted by molar-refractivity contribution is 0.0737. The molecule has 0 saturated carbocycles. The van der Waals surface area contributed by atoms with Gasteiger partial charge in [-0.05, 0) is 44.9 Å². The van der Waals surface area contributed by atoms with Crippen molar-refractivity contribution in [3.05, 3.63) is 29.7 Å². The van der Waals surface area contributed by atoms with Gasteiger partial charge in [0.2, 0.25) is 0 Å². The molecule has 3 N–H and O–H groups in total. The largest absolute Gasteiger partial charge is 0.460 e. The summed E-state index contributed by atoms with van der Waals surface area (Å²) in [5, 5.41) is 6.99. The standard InChI is InChI=1S/C15H20N4O2.ClH/c1-9-5-11(7-16)8-19(9)15(20)13-6-12(17-18-13)14-4-3-10(2)21-14;/h3-4,6,9,11H,5,7-8,16H2,1-2H3,(H,17,18);1H. The number of hydrogen-bond donors (Lipinski definition) is 2. The first kappa shape index (κ1) is 16.6. The lowest BCUT2D eigenvalue weighted by Crippen LogP contribution is -2.34. The Bertz CT molecular complexity index is 652. The number of nitrogens with zero attached hydrogens (tertiary/aromatic N) is 2. The summed E-state index contributed by atoms with van der Waals surface area (Å²) in [5.74, 6) is 1.85. The van der Waals surface area contributed by atoms with Crippen LogP contribution in [0.25, 0.3) is 11.5 Å². The molecule has 7 heteroatoms. The van der Waals surface area contributed by atoms with Gasteiger partial charge in [-0.1, -0.05) is 0 Å². The first-order valence-corrected chi connectivity index (χ1v) is 7.21. The molecule has 1 saturated heterocycles. The van der Waals surface area contributed by atoms with Crippen LogP contribution in [0.15, 0.2) is 22.6 Å². The molecule has 0 aromatic carbocycles. The van der Waals surface area contributed by atoms with E-state index in [-0.39, 0.29) is 24.4 Å². The maximum absolute atomic E-state index is 12.5. The van der Waals surface area contributed by atoms with Gasteiger partial charge in [-0.2, -0.15) is 5.10 Å². The van der Waals surface area contributed by atoms with Crippen LogP contribution < -0.4 is 5.73 Å². The second-order valence-corrected chi connectivity index (χ2v) is 5.72. The fourth-order valence-electron chi connectivity index (χ4n) is 2.88. The van der Waals surface area contributed by atoms with Crippen molar-refractivity contribution in [2.75, 3.05) is 13.1 Å². The van der Waals surface area contributed by atoms with Crippen molar-refractivity contribution in [3.8, 4) is 11.5 Å². The van der Waals surface area contributed by atoms with Crippen LogP contribution in [0.1, 0.15) is 29.6 Å². The molecule has 22 heavy (non-hydrogen) atoms. The van der Waals surface area contributed by atoms with Crippen LogP contribution in [-0.2, 0) is 0 Å². The average molecular weight is 325 g/mol. The van der Waals surface area contributed by atoms with Gasteiger partial charge in [-0.25, -0.2) is 0 Å². The minimum atomic E-state index is -0.0516. The normalized spacial score (nSPS) is 21.0. The summed E-state index contributed by atoms with van der Waals surface area (Å²) in [6, 6.07) is 5.69. The number of aryl methyl sites for hydroxylation is 1. The lowest BCUT2D eigenvalue weighted by atomic mass is 10.1. The molecule has 2 aromatic heterocycles. The SMILES string of the molecule is Cc1ccc(-c2cc(C(=O)N3CC(CN)CC3C)n[nH]2)o1.Cl. The fourth-order valence-corrected chi connectivity index (χ4v) is 2.88. The first-order chi connectivity index (χ1) is 10.1. The van der Waals surface area contributed by atoms with Gasteiger partial charge >= 0.3 is 0 Å². The van der Waals surface area contributed by atoms with Crippen molar-refractivity contribution in [2.24, 2.45) is 11.7 Å². The van der Waals surface area contributed by atoms with Crippen LogP contribution in [0.5, 0.6) is 0 Å². The van der Waals surface area contributed by atoms with Crippen LogP contribution in [0, 0.1) is 12.8 Å². The van der Waals surface area contributed by atoms with Crippen LogP contribution in [-0.4, -0.2) is 40.1 Å². The highest BCUT2D eigenvalue weighted by Crippen LogP contribution is 2.25. The number of furan rings is 1. The summed E-state index contributed by atoms with van der Waals surface area (Å²) in [5.41, 5.74) is 6.84. The molecule has 1 aliphatic heterocycles. The molecule has 0 aliphatic carbocycles. The Morgan fingerprint density at radius 1 is 1.55 bits per heavy atom. The third kappa shape index (κ3) is 3.03. The van der Waals surface area contributed by atoms with E-state index in [1.54, 1.807) is 6.07 Å². The van der Waals surface area contributed by atoms with Crippen molar-refractivity contribution in [1.29, 1.82) is 0 Å². The molecule has 120 valence electrons. The van der Waals surface area contributed by atoms with E-state index >= 15 is 0 Å². The summed E-state index contributed by atoms with van der Waals surface area (Å²) >= 11 is 0. The third-order valence-electron chi connectivity index (χ3n) is 4.06. The molecule has 2 aromatic rings. The molecule has 1 fully saturated rings. The molecule has 1 aliphatic rings. The number of rotatable bonds is 3. The predicted octanol–water partition coefficient (Wildman–Crippen LogP) is 2.21. The number of aromatic amines is 1. The van der Waals surface area contributed by atoms with Gasteiger partial charge < -0.3 is 15.1 Å². The zero-order valence-electron chi connectivity index (χ0n) is 12.7. The van der Waals surface area contributed by atoms with E-state index < -0.39 is 0 Å². The number of carbonyl (C=O) groups is 1. The zero-order valence-corrected chi connectivity index (χ0v) is 13.5. The number of amides is 1. The van der Waals surface area contributed by atoms with Crippen molar-refractivity contribution >= 4 is 18.3 Å². The number of nitrogens with two attached hydrogens (primary N) is 1. The quantitative estimate of drug-likeness (QED) is 0.906. The van der Waals surface area contributed by atoms with Crippen LogP contribution in [0.4, 0.5) is 0 Å². The Hall–Kier alpha value is -1.79. The lowest BCUT2D eigenvalue weighted by Gasteiger charge is -2.20. The Kier molecular flexibility index (Phi) is 4.93. The number of nitrogens with one attached hydrogen (secondary N) is 1. The molecular formula is C15H21ClN4O2. The van der Waals surface area contributed by atoms with Crippen molar-refractivity contribution in [2.45, 2.75) is 26.3 Å². The molecule has 2 unspecified atom stereocenters. The molecule has 6 nitrogen and oxygen atoms in total. The van der Waals surface area contributed by atoms with Crippen LogP contribution in [0.2, 0.25) is 0 Å². The summed E-state index contributed by atoms with van der Waals surface area (Å²) in [6.07, 6.45) is 0.955. The topological polar surface area (TPSA) is 88.1 Å². The Morgan fingerprint density at radius 2 is 2.32 bits per heavy atom. The van der Waals surface area contributed by atoms with E-state index in [4.69, 9.17) is 10.2 Å². The Balaban J connectivity index is 0.00000176. The molecule has 0 bridgehead atoms. The van der Waals surface area contributed by atoms with E-state index in [0.29, 0.717) is 36.2 Å². The second-order valence-electron chi connectivity index (χ2n) is 5.72. The number of carbonyl (C=O) groups excluding carboxylic acids is 1. The Labute approximate surface area is 135 Å². The van der Waals surface area contributed by atoms with Gasteiger partial charge in [0.15, 0.2) is 11.5 Å². The molecule has 1 amide bonds. The smallest absolute Gasteiger partial charge is 0.274 e. The Morgan fingerprint density at radius 3 is 2.91 bits per heavy atom. The number of aromatic nitrogens is 2. The number of halogens is 1. The molecule has 0 spiro atoms. The van der Waals surface area contributed by atoms with Crippen LogP contribution >= 0.6 is 12.4 Å². The molecule has 3 heterocycles.